The van der Waals surface area contributed by atoms with E-state index >= 15 is 0 Å². The number of anilines is 1. The highest BCUT2D eigenvalue weighted by Crippen LogP contribution is 2.27. The molecule has 0 aliphatic carbocycles. The van der Waals surface area contributed by atoms with Gasteiger partial charge in [-0.3, -0.25) is 14.7 Å². The van der Waals surface area contributed by atoms with Crippen LogP contribution in [-0.4, -0.2) is 28.5 Å². The molecule has 0 saturated carbocycles. The third-order valence-electron chi connectivity index (χ3n) is 3.94. The summed E-state index contributed by atoms with van der Waals surface area (Å²) in [4.78, 5) is 26.6. The number of carbonyl (C=O) groups excluding carboxylic acids is 1. The van der Waals surface area contributed by atoms with Gasteiger partial charge in [0.2, 0.25) is 11.9 Å². The van der Waals surface area contributed by atoms with Gasteiger partial charge in [0.25, 0.3) is 5.91 Å². The first kappa shape index (κ1) is 17.4. The fraction of sp³-hybridized carbons (Fsp3) is 0.222. The second-order valence-electron chi connectivity index (χ2n) is 6.36. The second-order valence-corrected chi connectivity index (χ2v) is 6.36. The molecule has 2 heterocycles. The lowest BCUT2D eigenvalue weighted by Crippen LogP contribution is -2.54. The molecule has 0 fully saturated rings. The van der Waals surface area contributed by atoms with E-state index in [1.807, 2.05) is 32.0 Å². The van der Waals surface area contributed by atoms with Gasteiger partial charge in [0.05, 0.1) is 0 Å². The maximum Gasteiger partial charge on any atom is 0.251 e. The molecule has 1 aromatic carbocycles. The first-order valence-electron chi connectivity index (χ1n) is 8.14. The van der Waals surface area contributed by atoms with Crippen molar-refractivity contribution in [2.75, 3.05) is 4.90 Å². The van der Waals surface area contributed by atoms with Gasteiger partial charge in [0.15, 0.2) is 0 Å². The fourth-order valence-corrected chi connectivity index (χ4v) is 2.82. The lowest BCUT2D eigenvalue weighted by atomic mass is 10.1. The third kappa shape index (κ3) is 3.64. The van der Waals surface area contributed by atoms with Gasteiger partial charge < -0.3 is 16.8 Å². The molecule has 3 rings (SSSR count). The van der Waals surface area contributed by atoms with E-state index in [1.54, 1.807) is 35.5 Å². The van der Waals surface area contributed by atoms with Crippen LogP contribution in [0.25, 0.3) is 0 Å². The van der Waals surface area contributed by atoms with E-state index < -0.39 is 5.66 Å². The van der Waals surface area contributed by atoms with Crippen LogP contribution in [0.4, 0.5) is 5.69 Å². The molecule has 2 aromatic rings. The lowest BCUT2D eigenvalue weighted by Gasteiger charge is -2.38. The Labute approximate surface area is 151 Å². The molecule has 0 saturated heterocycles. The normalized spacial score (nSPS) is 15.8. The smallest absolute Gasteiger partial charge is 0.251 e. The Kier molecular flexibility index (Phi) is 4.57. The molecule has 1 amide bonds. The summed E-state index contributed by atoms with van der Waals surface area (Å²) < 4.78 is 0. The van der Waals surface area contributed by atoms with E-state index in [0.717, 1.165) is 5.56 Å². The Morgan fingerprint density at radius 2 is 2.04 bits per heavy atom. The van der Waals surface area contributed by atoms with Crippen LogP contribution >= 0.6 is 0 Å². The Hall–Kier alpha value is -3.42. The summed E-state index contributed by atoms with van der Waals surface area (Å²) in [5, 5.41) is 2.88. The van der Waals surface area contributed by atoms with Crippen LogP contribution in [0.5, 0.6) is 0 Å². The zero-order valence-electron chi connectivity index (χ0n) is 14.7. The SMILES string of the molecule is CC1(C)N=C(N)N=C(N)N1c1cccc(C(=O)NCc2cccnc2)c1. The molecule has 8 heteroatoms. The molecule has 0 spiro atoms. The van der Waals surface area contributed by atoms with Gasteiger partial charge in [-0.2, -0.15) is 4.99 Å². The number of guanidine groups is 2. The number of aromatic nitrogens is 1. The number of hydrogen-bond donors (Lipinski definition) is 3. The largest absolute Gasteiger partial charge is 0.369 e. The minimum atomic E-state index is -0.708. The molecule has 8 nitrogen and oxygen atoms in total. The zero-order chi connectivity index (χ0) is 18.7. The van der Waals surface area contributed by atoms with Crippen LogP contribution in [0.15, 0.2) is 58.8 Å². The fourth-order valence-electron chi connectivity index (χ4n) is 2.82. The van der Waals surface area contributed by atoms with Crippen molar-refractivity contribution in [2.24, 2.45) is 21.5 Å². The van der Waals surface area contributed by atoms with Crippen LogP contribution < -0.4 is 21.7 Å². The van der Waals surface area contributed by atoms with Crippen molar-refractivity contribution in [3.05, 3.63) is 59.9 Å². The summed E-state index contributed by atoms with van der Waals surface area (Å²) in [5.41, 5.74) is 13.2. The predicted molar refractivity (Wildman–Crippen MR) is 102 cm³/mol. The first-order valence-corrected chi connectivity index (χ1v) is 8.14. The van der Waals surface area contributed by atoms with Gasteiger partial charge in [0.1, 0.15) is 5.66 Å². The van der Waals surface area contributed by atoms with Crippen LogP contribution in [0.1, 0.15) is 29.8 Å². The van der Waals surface area contributed by atoms with Crippen molar-refractivity contribution >= 4 is 23.5 Å². The van der Waals surface area contributed by atoms with Crippen LogP contribution in [0.2, 0.25) is 0 Å². The number of benzene rings is 1. The van der Waals surface area contributed by atoms with E-state index in [-0.39, 0.29) is 17.8 Å². The average Bonchev–Trinajstić information content (AvgIpc) is 2.59. The molecule has 0 bridgehead atoms. The third-order valence-corrected chi connectivity index (χ3v) is 3.94. The van der Waals surface area contributed by atoms with Gasteiger partial charge in [-0.05, 0) is 43.7 Å². The summed E-state index contributed by atoms with van der Waals surface area (Å²) >= 11 is 0. The monoisotopic (exact) mass is 351 g/mol. The summed E-state index contributed by atoms with van der Waals surface area (Å²) in [6.07, 6.45) is 3.41. The molecule has 5 N–H and O–H groups in total. The molecular weight excluding hydrogens is 330 g/mol. The van der Waals surface area contributed by atoms with Gasteiger partial charge >= 0.3 is 0 Å². The van der Waals surface area contributed by atoms with E-state index in [9.17, 15) is 4.79 Å². The standard InChI is InChI=1S/C18H21N7O/c1-18(2)24-16(19)23-17(20)25(18)14-7-3-6-13(9-14)15(26)22-11-12-5-4-8-21-10-12/h3-10H,11H2,1-2H3,(H,22,26)(H4,19,20,23,24). The minimum Gasteiger partial charge on any atom is -0.369 e. The zero-order valence-corrected chi connectivity index (χ0v) is 14.7. The Balaban J connectivity index is 1.80. The van der Waals surface area contributed by atoms with Crippen molar-refractivity contribution in [3.63, 3.8) is 0 Å². The van der Waals surface area contributed by atoms with Gasteiger partial charge in [-0.15, -0.1) is 0 Å². The second kappa shape index (κ2) is 6.83. The van der Waals surface area contributed by atoms with E-state index in [0.29, 0.717) is 17.8 Å². The lowest BCUT2D eigenvalue weighted by molar-refractivity contribution is 0.0951. The Morgan fingerprint density at radius 3 is 2.73 bits per heavy atom. The Bertz CT molecular complexity index is 874. The average molecular weight is 351 g/mol. The van der Waals surface area contributed by atoms with E-state index in [4.69, 9.17) is 11.5 Å². The Morgan fingerprint density at radius 1 is 1.23 bits per heavy atom. The predicted octanol–water partition coefficient (Wildman–Crippen LogP) is 1.20. The molecule has 1 aromatic heterocycles. The molecule has 26 heavy (non-hydrogen) atoms. The highest BCUT2D eigenvalue weighted by Gasteiger charge is 2.33. The van der Waals surface area contributed by atoms with E-state index in [1.165, 1.54) is 0 Å². The van der Waals surface area contributed by atoms with Gasteiger partial charge in [0, 0.05) is 30.2 Å². The number of amides is 1. The van der Waals surface area contributed by atoms with Crippen LogP contribution in [0, 0.1) is 0 Å². The van der Waals surface area contributed by atoms with Crippen molar-refractivity contribution in [2.45, 2.75) is 26.1 Å². The molecule has 134 valence electrons. The molecular formula is C18H21N7O. The molecule has 0 radical (unpaired) electrons. The maximum atomic E-state index is 12.5. The number of nitrogens with one attached hydrogen (secondary N) is 1. The number of hydrogen-bond acceptors (Lipinski definition) is 7. The molecule has 0 atom stereocenters. The van der Waals surface area contributed by atoms with Gasteiger partial charge in [-0.1, -0.05) is 12.1 Å². The molecule has 0 unspecified atom stereocenters. The molecule has 1 aliphatic rings. The quantitative estimate of drug-likeness (QED) is 0.764. The minimum absolute atomic E-state index is 0.133. The molecule has 1 aliphatic heterocycles. The number of pyridine rings is 1. The highest BCUT2D eigenvalue weighted by molar-refractivity contribution is 6.06. The van der Waals surface area contributed by atoms with Crippen molar-refractivity contribution < 1.29 is 4.79 Å². The van der Waals surface area contributed by atoms with Crippen molar-refractivity contribution in [3.8, 4) is 0 Å². The number of aliphatic imine (C=N–C) groups is 2. The van der Waals surface area contributed by atoms with E-state index in [2.05, 4.69) is 20.3 Å². The summed E-state index contributed by atoms with van der Waals surface area (Å²) in [6.45, 7) is 4.14. The van der Waals surface area contributed by atoms with Crippen molar-refractivity contribution in [1.29, 1.82) is 0 Å². The van der Waals surface area contributed by atoms with Crippen molar-refractivity contribution in [1.82, 2.24) is 10.3 Å². The summed E-state index contributed by atoms with van der Waals surface area (Å²) in [5.74, 6) is 0.175. The van der Waals surface area contributed by atoms with Gasteiger partial charge in [-0.25, -0.2) is 4.99 Å². The number of carbonyl (C=O) groups is 1. The summed E-state index contributed by atoms with van der Waals surface area (Å²) in [7, 11) is 0. The maximum absolute atomic E-state index is 12.5. The van der Waals surface area contributed by atoms with Crippen LogP contribution in [0.3, 0.4) is 0 Å². The summed E-state index contributed by atoms with van der Waals surface area (Å²) in [6, 6.07) is 10.9. The number of rotatable bonds is 4. The van der Waals surface area contributed by atoms with Crippen LogP contribution in [-0.2, 0) is 6.54 Å². The topological polar surface area (TPSA) is 122 Å². The highest BCUT2D eigenvalue weighted by atomic mass is 16.1. The number of nitrogens with two attached hydrogens (primary N) is 2. The number of nitrogens with zero attached hydrogens (tertiary/aromatic N) is 4. The first-order chi connectivity index (χ1) is 12.4.